The minimum absolute atomic E-state index is 0.119. The SMILES string of the molecule is CCCCOc1ccc(C(=O)NCCNC(C)=O)cc1OCC. The maximum absolute atomic E-state index is 12.1. The highest BCUT2D eigenvalue weighted by atomic mass is 16.5. The Kier molecular flexibility index (Phi) is 8.57. The maximum atomic E-state index is 12.1. The van der Waals surface area contributed by atoms with Crippen molar-refractivity contribution in [1.82, 2.24) is 10.6 Å². The molecule has 2 N–H and O–H groups in total. The van der Waals surface area contributed by atoms with Gasteiger partial charge in [0.05, 0.1) is 13.2 Å². The summed E-state index contributed by atoms with van der Waals surface area (Å²) in [4.78, 5) is 22.9. The quantitative estimate of drug-likeness (QED) is 0.647. The molecule has 1 aromatic rings. The van der Waals surface area contributed by atoms with Gasteiger partial charge in [0.15, 0.2) is 11.5 Å². The third kappa shape index (κ3) is 7.04. The fourth-order valence-corrected chi connectivity index (χ4v) is 1.88. The predicted molar refractivity (Wildman–Crippen MR) is 89.0 cm³/mol. The van der Waals surface area contributed by atoms with Gasteiger partial charge in [-0.2, -0.15) is 0 Å². The number of hydrogen-bond donors (Lipinski definition) is 2. The van der Waals surface area contributed by atoms with Crippen molar-refractivity contribution in [3.8, 4) is 11.5 Å². The summed E-state index contributed by atoms with van der Waals surface area (Å²) in [6.45, 7) is 7.32. The number of ether oxygens (including phenoxy) is 2. The number of amides is 2. The molecule has 0 fully saturated rings. The van der Waals surface area contributed by atoms with Crippen molar-refractivity contribution in [2.24, 2.45) is 0 Å². The van der Waals surface area contributed by atoms with Crippen molar-refractivity contribution in [2.45, 2.75) is 33.6 Å². The smallest absolute Gasteiger partial charge is 0.251 e. The third-order valence-corrected chi connectivity index (χ3v) is 3.05. The third-order valence-electron chi connectivity index (χ3n) is 3.05. The summed E-state index contributed by atoms with van der Waals surface area (Å²) in [5, 5.41) is 5.37. The molecule has 23 heavy (non-hydrogen) atoms. The van der Waals surface area contributed by atoms with Gasteiger partial charge in [0, 0.05) is 25.6 Å². The Balaban J connectivity index is 2.65. The molecule has 0 bridgehead atoms. The summed E-state index contributed by atoms with van der Waals surface area (Å²) in [5.74, 6) is 0.885. The molecule has 0 aromatic heterocycles. The van der Waals surface area contributed by atoms with Gasteiger partial charge in [0.2, 0.25) is 5.91 Å². The summed E-state index contributed by atoms with van der Waals surface area (Å²) in [6, 6.07) is 5.14. The second-order valence-electron chi connectivity index (χ2n) is 5.04. The lowest BCUT2D eigenvalue weighted by atomic mass is 10.2. The van der Waals surface area contributed by atoms with Crippen LogP contribution in [-0.4, -0.2) is 38.1 Å². The van der Waals surface area contributed by atoms with E-state index in [2.05, 4.69) is 17.6 Å². The van der Waals surface area contributed by atoms with Crippen LogP contribution in [0.4, 0.5) is 0 Å². The maximum Gasteiger partial charge on any atom is 0.251 e. The lowest BCUT2D eigenvalue weighted by Crippen LogP contribution is -2.33. The van der Waals surface area contributed by atoms with Crippen molar-refractivity contribution in [3.63, 3.8) is 0 Å². The van der Waals surface area contributed by atoms with Crippen LogP contribution in [0.2, 0.25) is 0 Å². The molecule has 0 saturated heterocycles. The monoisotopic (exact) mass is 322 g/mol. The second kappa shape index (κ2) is 10.5. The van der Waals surface area contributed by atoms with Crippen LogP contribution in [0.25, 0.3) is 0 Å². The fourth-order valence-electron chi connectivity index (χ4n) is 1.88. The molecule has 0 spiro atoms. The summed E-state index contributed by atoms with van der Waals surface area (Å²) in [6.07, 6.45) is 2.02. The first-order chi connectivity index (χ1) is 11.1. The van der Waals surface area contributed by atoms with Gasteiger partial charge in [-0.05, 0) is 31.5 Å². The van der Waals surface area contributed by atoms with Crippen molar-refractivity contribution in [2.75, 3.05) is 26.3 Å². The zero-order valence-corrected chi connectivity index (χ0v) is 14.1. The van der Waals surface area contributed by atoms with E-state index in [1.165, 1.54) is 6.92 Å². The zero-order chi connectivity index (χ0) is 17.1. The van der Waals surface area contributed by atoms with E-state index in [9.17, 15) is 9.59 Å². The van der Waals surface area contributed by atoms with Crippen LogP contribution in [0.15, 0.2) is 18.2 Å². The van der Waals surface area contributed by atoms with E-state index >= 15 is 0 Å². The summed E-state index contributed by atoms with van der Waals surface area (Å²) in [5.41, 5.74) is 0.499. The summed E-state index contributed by atoms with van der Waals surface area (Å²) in [7, 11) is 0. The van der Waals surface area contributed by atoms with Crippen molar-refractivity contribution >= 4 is 11.8 Å². The largest absolute Gasteiger partial charge is 0.490 e. The molecule has 0 aliphatic heterocycles. The summed E-state index contributed by atoms with van der Waals surface area (Å²) >= 11 is 0. The number of nitrogens with one attached hydrogen (secondary N) is 2. The molecule has 6 heteroatoms. The van der Waals surface area contributed by atoms with E-state index in [0.717, 1.165) is 12.8 Å². The average Bonchev–Trinajstić information content (AvgIpc) is 2.53. The van der Waals surface area contributed by atoms with Crippen LogP contribution in [-0.2, 0) is 4.79 Å². The number of rotatable bonds is 10. The van der Waals surface area contributed by atoms with E-state index < -0.39 is 0 Å². The lowest BCUT2D eigenvalue weighted by molar-refractivity contribution is -0.118. The lowest BCUT2D eigenvalue weighted by Gasteiger charge is -2.13. The number of benzene rings is 1. The first-order valence-corrected chi connectivity index (χ1v) is 8.00. The number of carbonyl (C=O) groups is 2. The van der Waals surface area contributed by atoms with Gasteiger partial charge in [-0.3, -0.25) is 9.59 Å². The first-order valence-electron chi connectivity index (χ1n) is 8.00. The van der Waals surface area contributed by atoms with E-state index in [4.69, 9.17) is 9.47 Å². The Bertz CT molecular complexity index is 517. The van der Waals surface area contributed by atoms with Crippen LogP contribution < -0.4 is 20.1 Å². The molecule has 0 saturated carbocycles. The average molecular weight is 322 g/mol. The van der Waals surface area contributed by atoms with Crippen LogP contribution >= 0.6 is 0 Å². The number of unbranched alkanes of at least 4 members (excludes halogenated alkanes) is 1. The Morgan fingerprint density at radius 1 is 1.04 bits per heavy atom. The first kappa shape index (κ1) is 18.8. The van der Waals surface area contributed by atoms with Gasteiger partial charge in [0.1, 0.15) is 0 Å². The molecule has 128 valence electrons. The van der Waals surface area contributed by atoms with E-state index in [-0.39, 0.29) is 11.8 Å². The Hall–Kier alpha value is -2.24. The molecule has 0 heterocycles. The number of carbonyl (C=O) groups excluding carboxylic acids is 2. The molecule has 6 nitrogen and oxygen atoms in total. The normalized spacial score (nSPS) is 10.0. The standard InChI is InChI=1S/C17H26N2O4/c1-4-6-11-23-15-8-7-14(12-16(15)22-5-2)17(21)19-10-9-18-13(3)20/h7-8,12H,4-6,9-11H2,1-3H3,(H,18,20)(H,19,21). The van der Waals surface area contributed by atoms with Crippen LogP contribution in [0.1, 0.15) is 44.0 Å². The molecule has 0 aliphatic rings. The second-order valence-corrected chi connectivity index (χ2v) is 5.04. The molecular weight excluding hydrogens is 296 g/mol. The van der Waals surface area contributed by atoms with Crippen LogP contribution in [0.5, 0.6) is 11.5 Å². The summed E-state index contributed by atoms with van der Waals surface area (Å²) < 4.78 is 11.2. The molecule has 0 aliphatic carbocycles. The fraction of sp³-hybridized carbons (Fsp3) is 0.529. The van der Waals surface area contributed by atoms with Crippen LogP contribution in [0.3, 0.4) is 0 Å². The van der Waals surface area contributed by atoms with Gasteiger partial charge in [-0.25, -0.2) is 0 Å². The van der Waals surface area contributed by atoms with Crippen LogP contribution in [0, 0.1) is 0 Å². The van der Waals surface area contributed by atoms with E-state index in [1.54, 1.807) is 18.2 Å². The zero-order valence-electron chi connectivity index (χ0n) is 14.1. The molecule has 1 rings (SSSR count). The minimum atomic E-state index is -0.212. The molecule has 0 radical (unpaired) electrons. The van der Waals surface area contributed by atoms with Gasteiger partial charge >= 0.3 is 0 Å². The molecule has 2 amide bonds. The Labute approximate surface area is 137 Å². The highest BCUT2D eigenvalue weighted by Gasteiger charge is 2.11. The Morgan fingerprint density at radius 3 is 2.43 bits per heavy atom. The van der Waals surface area contributed by atoms with Gasteiger partial charge in [0.25, 0.3) is 5.91 Å². The van der Waals surface area contributed by atoms with E-state index in [1.807, 2.05) is 6.92 Å². The van der Waals surface area contributed by atoms with Gasteiger partial charge in [-0.1, -0.05) is 13.3 Å². The molecule has 0 unspecified atom stereocenters. The predicted octanol–water partition coefficient (Wildman–Crippen LogP) is 2.13. The molecular formula is C17H26N2O4. The van der Waals surface area contributed by atoms with Crippen molar-refractivity contribution in [3.05, 3.63) is 23.8 Å². The highest BCUT2D eigenvalue weighted by Crippen LogP contribution is 2.28. The minimum Gasteiger partial charge on any atom is -0.490 e. The van der Waals surface area contributed by atoms with Gasteiger partial charge in [-0.15, -0.1) is 0 Å². The van der Waals surface area contributed by atoms with Crippen molar-refractivity contribution < 1.29 is 19.1 Å². The molecule has 1 aromatic carbocycles. The van der Waals surface area contributed by atoms with Gasteiger partial charge < -0.3 is 20.1 Å². The number of hydrogen-bond acceptors (Lipinski definition) is 4. The van der Waals surface area contributed by atoms with E-state index in [0.29, 0.717) is 43.4 Å². The molecule has 0 atom stereocenters. The topological polar surface area (TPSA) is 76.7 Å². The Morgan fingerprint density at radius 2 is 1.78 bits per heavy atom. The highest BCUT2D eigenvalue weighted by molar-refractivity contribution is 5.94. The van der Waals surface area contributed by atoms with Crippen molar-refractivity contribution in [1.29, 1.82) is 0 Å².